The van der Waals surface area contributed by atoms with Crippen molar-refractivity contribution in [2.45, 2.75) is 12.5 Å². The molecule has 1 aliphatic rings. The van der Waals surface area contributed by atoms with E-state index in [4.69, 9.17) is 16.3 Å². The molecule has 1 aromatic heterocycles. The van der Waals surface area contributed by atoms with E-state index in [-0.39, 0.29) is 11.9 Å². The van der Waals surface area contributed by atoms with Gasteiger partial charge in [-0.05, 0) is 30.2 Å². The van der Waals surface area contributed by atoms with Gasteiger partial charge >= 0.3 is 0 Å². The lowest BCUT2D eigenvalue weighted by Gasteiger charge is -2.24. The van der Waals surface area contributed by atoms with Crippen LogP contribution in [0.5, 0.6) is 5.75 Å². The number of halogens is 2. The molecule has 5 nitrogen and oxygen atoms in total. The molecule has 1 atom stereocenters. The summed E-state index contributed by atoms with van der Waals surface area (Å²) in [4.78, 5) is 2.09. The average Bonchev–Trinajstić information content (AvgIpc) is 3.33. The van der Waals surface area contributed by atoms with Gasteiger partial charge < -0.3 is 15.0 Å². The van der Waals surface area contributed by atoms with E-state index < -0.39 is 0 Å². The van der Waals surface area contributed by atoms with E-state index >= 15 is 0 Å². The zero-order valence-electron chi connectivity index (χ0n) is 15.4. The molecule has 144 valence electrons. The van der Waals surface area contributed by atoms with E-state index in [1.165, 1.54) is 19.2 Å². The van der Waals surface area contributed by atoms with E-state index in [0.717, 1.165) is 35.5 Å². The molecule has 2 aromatic carbocycles. The fourth-order valence-electron chi connectivity index (χ4n) is 3.47. The molecule has 0 spiro atoms. The van der Waals surface area contributed by atoms with E-state index in [9.17, 15) is 4.39 Å². The third kappa shape index (κ3) is 3.55. The van der Waals surface area contributed by atoms with Crippen molar-refractivity contribution in [3.8, 4) is 16.9 Å². The summed E-state index contributed by atoms with van der Waals surface area (Å²) in [6.45, 7) is 5.00. The summed E-state index contributed by atoms with van der Waals surface area (Å²) in [6.07, 6.45) is 4.41. The van der Waals surface area contributed by atoms with Crippen molar-refractivity contribution in [1.82, 2.24) is 10.2 Å². The largest absolute Gasteiger partial charge is 0.497 e. The van der Waals surface area contributed by atoms with Crippen molar-refractivity contribution in [3.05, 3.63) is 71.9 Å². The molecule has 0 amide bonds. The first-order valence-corrected chi connectivity index (χ1v) is 9.29. The molecule has 0 aliphatic carbocycles. The molecule has 1 fully saturated rings. The van der Waals surface area contributed by atoms with Crippen molar-refractivity contribution < 1.29 is 9.13 Å². The number of methoxy groups -OCH3 is 1. The molecule has 28 heavy (non-hydrogen) atoms. The summed E-state index contributed by atoms with van der Waals surface area (Å²) in [5, 5.41) is 10.8. The Morgan fingerprint density at radius 1 is 1.29 bits per heavy atom. The third-order valence-electron chi connectivity index (χ3n) is 4.91. The Balaban J connectivity index is 1.52. The summed E-state index contributed by atoms with van der Waals surface area (Å²) < 4.78 is 18.9. The van der Waals surface area contributed by atoms with Gasteiger partial charge in [-0.2, -0.15) is 5.10 Å². The van der Waals surface area contributed by atoms with Crippen LogP contribution in [-0.2, 0) is 0 Å². The number of nitrogens with one attached hydrogen (secondary N) is 2. The molecule has 1 aliphatic heterocycles. The Kier molecular flexibility index (Phi) is 4.96. The van der Waals surface area contributed by atoms with Gasteiger partial charge in [0.25, 0.3) is 0 Å². The number of hydrogen-bond donors (Lipinski definition) is 2. The van der Waals surface area contributed by atoms with Gasteiger partial charge in [-0.1, -0.05) is 24.2 Å². The molecule has 1 saturated heterocycles. The second kappa shape index (κ2) is 7.56. The van der Waals surface area contributed by atoms with E-state index in [2.05, 4.69) is 27.0 Å². The quantitative estimate of drug-likeness (QED) is 0.629. The normalized spacial score (nSPS) is 16.5. The predicted octanol–water partition coefficient (Wildman–Crippen LogP) is 5.08. The van der Waals surface area contributed by atoms with Crippen molar-refractivity contribution >= 4 is 23.0 Å². The highest BCUT2D eigenvalue weighted by atomic mass is 35.5. The van der Waals surface area contributed by atoms with Crippen LogP contribution in [-0.4, -0.2) is 29.9 Å². The molecular formula is C21H20ClFN4O. The van der Waals surface area contributed by atoms with Crippen molar-refractivity contribution in [2.24, 2.45) is 0 Å². The highest BCUT2D eigenvalue weighted by Gasteiger charge is 2.28. The molecular weight excluding hydrogens is 379 g/mol. The number of aromatic amines is 1. The number of aromatic nitrogens is 2. The number of nitrogens with zero attached hydrogens (tertiary/aromatic N) is 2. The Labute approximate surface area is 167 Å². The highest BCUT2D eigenvalue weighted by molar-refractivity contribution is 6.33. The first kappa shape index (κ1) is 18.4. The maximum absolute atomic E-state index is 13.8. The first-order chi connectivity index (χ1) is 13.5. The predicted molar refractivity (Wildman–Crippen MR) is 110 cm³/mol. The van der Waals surface area contributed by atoms with Crippen molar-refractivity contribution in [2.75, 3.05) is 23.9 Å². The second-order valence-corrected chi connectivity index (χ2v) is 7.07. The fraction of sp³-hybridized carbons (Fsp3) is 0.190. The van der Waals surface area contributed by atoms with E-state index in [1.54, 1.807) is 12.3 Å². The Hall–Kier alpha value is -2.99. The van der Waals surface area contributed by atoms with Crippen LogP contribution < -0.4 is 15.0 Å². The number of hydrogen-bond acceptors (Lipinski definition) is 4. The minimum Gasteiger partial charge on any atom is -0.497 e. The Morgan fingerprint density at radius 2 is 2.14 bits per heavy atom. The molecule has 4 rings (SSSR count). The monoisotopic (exact) mass is 398 g/mol. The summed E-state index contributed by atoms with van der Waals surface area (Å²) in [7, 11) is 1.52. The van der Waals surface area contributed by atoms with Gasteiger partial charge in [-0.3, -0.25) is 5.10 Å². The van der Waals surface area contributed by atoms with E-state index in [1.807, 2.05) is 24.4 Å². The van der Waals surface area contributed by atoms with Gasteiger partial charge in [0.1, 0.15) is 11.6 Å². The number of H-pyrrole nitrogens is 1. The molecule has 2 heterocycles. The smallest absolute Gasteiger partial charge is 0.128 e. The zero-order valence-corrected chi connectivity index (χ0v) is 16.1. The van der Waals surface area contributed by atoms with Crippen LogP contribution in [0, 0.1) is 5.82 Å². The average molecular weight is 399 g/mol. The second-order valence-electron chi connectivity index (χ2n) is 6.66. The highest BCUT2D eigenvalue weighted by Crippen LogP contribution is 2.37. The Morgan fingerprint density at radius 3 is 2.86 bits per heavy atom. The molecule has 1 unspecified atom stereocenters. The van der Waals surface area contributed by atoms with Crippen LogP contribution in [0.25, 0.3) is 11.1 Å². The molecule has 3 aromatic rings. The van der Waals surface area contributed by atoms with Gasteiger partial charge in [0.2, 0.25) is 0 Å². The van der Waals surface area contributed by atoms with Crippen LogP contribution in [0.2, 0.25) is 5.02 Å². The van der Waals surface area contributed by atoms with Crippen LogP contribution >= 0.6 is 11.6 Å². The maximum atomic E-state index is 13.8. The summed E-state index contributed by atoms with van der Waals surface area (Å²) in [5.41, 5.74) is 4.43. The fourth-order valence-corrected chi connectivity index (χ4v) is 3.75. The molecule has 0 radical (unpaired) electrons. The van der Waals surface area contributed by atoms with E-state index in [0.29, 0.717) is 16.5 Å². The topological polar surface area (TPSA) is 53.2 Å². The number of rotatable bonds is 5. The minimum absolute atomic E-state index is 0.0175. The van der Waals surface area contributed by atoms with Crippen molar-refractivity contribution in [3.63, 3.8) is 0 Å². The van der Waals surface area contributed by atoms with Gasteiger partial charge in [0.15, 0.2) is 0 Å². The summed E-state index contributed by atoms with van der Waals surface area (Å²) in [6, 6.07) is 10.5. The van der Waals surface area contributed by atoms with Gasteiger partial charge in [0.05, 0.1) is 30.1 Å². The molecule has 2 N–H and O–H groups in total. The van der Waals surface area contributed by atoms with Crippen LogP contribution in [0.3, 0.4) is 0 Å². The summed E-state index contributed by atoms with van der Waals surface area (Å²) in [5.74, 6) is 0.126. The van der Waals surface area contributed by atoms with Crippen LogP contribution in [0.1, 0.15) is 6.42 Å². The SMILES string of the molecule is C=C1C(Nc2cc(F)cc(OC)c2)CCN1c1ccc(-c2cn[nH]c2)cc1Cl. The maximum Gasteiger partial charge on any atom is 0.128 e. The summed E-state index contributed by atoms with van der Waals surface area (Å²) >= 11 is 6.56. The lowest BCUT2D eigenvalue weighted by molar-refractivity contribution is 0.411. The van der Waals surface area contributed by atoms with Gasteiger partial charge in [-0.15, -0.1) is 0 Å². The molecule has 7 heteroatoms. The van der Waals surface area contributed by atoms with Crippen LogP contribution in [0.4, 0.5) is 15.8 Å². The van der Waals surface area contributed by atoms with Crippen LogP contribution in [0.15, 0.2) is 61.1 Å². The lowest BCUT2D eigenvalue weighted by atomic mass is 10.1. The number of anilines is 2. The lowest BCUT2D eigenvalue weighted by Crippen LogP contribution is -2.23. The Bertz CT molecular complexity index is 1010. The molecule has 0 saturated carbocycles. The van der Waals surface area contributed by atoms with Crippen molar-refractivity contribution in [1.29, 1.82) is 0 Å². The molecule has 0 bridgehead atoms. The van der Waals surface area contributed by atoms with Gasteiger partial charge in [0, 0.05) is 41.8 Å². The third-order valence-corrected chi connectivity index (χ3v) is 5.21. The number of ether oxygens (including phenoxy) is 1. The first-order valence-electron chi connectivity index (χ1n) is 8.91. The zero-order chi connectivity index (χ0) is 19.7. The standard InChI is InChI=1S/C21H20ClFN4O/c1-13-20(26-17-8-16(23)9-18(10-17)28-2)5-6-27(13)21-4-3-14(7-19(21)22)15-11-24-25-12-15/h3-4,7-12,20,26H,1,5-6H2,2H3,(H,24,25). The van der Waals surface area contributed by atoms with Gasteiger partial charge in [-0.25, -0.2) is 4.39 Å². The minimum atomic E-state index is -0.347. The number of benzene rings is 2.